The fourth-order valence-electron chi connectivity index (χ4n) is 2.73. The van der Waals surface area contributed by atoms with Gasteiger partial charge in [-0.2, -0.15) is 0 Å². The first-order valence-corrected chi connectivity index (χ1v) is 11.5. The molecule has 0 aliphatic rings. The Kier molecular flexibility index (Phi) is 6.03. The molecule has 0 fully saturated rings. The van der Waals surface area contributed by atoms with Gasteiger partial charge in [-0.25, -0.2) is 14.4 Å². The number of halogens is 1. The molecule has 0 unspecified atom stereocenters. The van der Waals surface area contributed by atoms with Crippen LogP contribution in [-0.2, 0) is 5.75 Å². The quantitative estimate of drug-likeness (QED) is 0.359. The number of thiazole rings is 2. The Hall–Kier alpha value is -2.55. The van der Waals surface area contributed by atoms with Gasteiger partial charge in [-0.3, -0.25) is 10.1 Å². The zero-order valence-electron chi connectivity index (χ0n) is 15.4. The molecule has 2 aromatic carbocycles. The molecular weight excluding hydrogens is 425 g/mol. The summed E-state index contributed by atoms with van der Waals surface area (Å²) in [5.41, 5.74) is 4.97. The van der Waals surface area contributed by atoms with Gasteiger partial charge in [0.2, 0.25) is 0 Å². The van der Waals surface area contributed by atoms with E-state index in [4.69, 9.17) is 0 Å². The summed E-state index contributed by atoms with van der Waals surface area (Å²) < 4.78 is 13.2. The second kappa shape index (κ2) is 8.86. The molecule has 0 atom stereocenters. The van der Waals surface area contributed by atoms with Gasteiger partial charge in [-0.05, 0) is 43.3 Å². The minimum Gasteiger partial charge on any atom is -0.298 e. The molecule has 29 heavy (non-hydrogen) atoms. The van der Waals surface area contributed by atoms with Gasteiger partial charge in [-0.1, -0.05) is 12.1 Å². The van der Waals surface area contributed by atoms with E-state index in [1.807, 2.05) is 30.5 Å². The van der Waals surface area contributed by atoms with Crippen LogP contribution < -0.4 is 5.32 Å². The number of amides is 1. The monoisotopic (exact) mass is 441 g/mol. The van der Waals surface area contributed by atoms with Gasteiger partial charge < -0.3 is 0 Å². The van der Waals surface area contributed by atoms with Gasteiger partial charge in [0.1, 0.15) is 5.82 Å². The highest BCUT2D eigenvalue weighted by Crippen LogP contribution is 2.32. The summed E-state index contributed by atoms with van der Waals surface area (Å²) in [6.07, 6.45) is 0. The Balaban J connectivity index is 1.51. The maximum absolute atomic E-state index is 13.2. The molecule has 0 saturated heterocycles. The maximum atomic E-state index is 13.2. The lowest BCUT2D eigenvalue weighted by Crippen LogP contribution is -2.12. The molecule has 0 radical (unpaired) electrons. The van der Waals surface area contributed by atoms with Crippen molar-refractivity contribution in [3.63, 3.8) is 0 Å². The van der Waals surface area contributed by atoms with Crippen molar-refractivity contribution in [2.24, 2.45) is 0 Å². The molecule has 8 heteroatoms. The van der Waals surface area contributed by atoms with Crippen molar-refractivity contribution >= 4 is 45.5 Å². The minimum atomic E-state index is -0.290. The summed E-state index contributed by atoms with van der Waals surface area (Å²) in [6.45, 7) is 1.93. The van der Waals surface area contributed by atoms with Crippen LogP contribution in [0.3, 0.4) is 0 Å². The predicted molar refractivity (Wildman–Crippen MR) is 118 cm³/mol. The number of aryl methyl sites for hydroxylation is 1. The van der Waals surface area contributed by atoms with E-state index < -0.39 is 0 Å². The number of carbonyl (C=O) groups excluding carboxylic acids is 1. The average Bonchev–Trinajstić information content (AvgIpc) is 3.37. The lowest BCUT2D eigenvalue weighted by molar-refractivity contribution is 0.102. The smallest absolute Gasteiger partial charge is 0.258 e. The fourth-order valence-corrected chi connectivity index (χ4v) is 5.18. The lowest BCUT2D eigenvalue weighted by Gasteiger charge is -2.08. The van der Waals surface area contributed by atoms with Gasteiger partial charge >= 0.3 is 0 Å². The normalized spacial score (nSPS) is 10.8. The van der Waals surface area contributed by atoms with Crippen molar-refractivity contribution < 1.29 is 9.18 Å². The third kappa shape index (κ3) is 4.72. The summed E-state index contributed by atoms with van der Waals surface area (Å²) in [7, 11) is 0. The number of hydrogen-bond donors (Lipinski definition) is 1. The molecule has 0 spiro atoms. The maximum Gasteiger partial charge on any atom is 0.258 e. The van der Waals surface area contributed by atoms with Crippen LogP contribution in [0.15, 0.2) is 64.3 Å². The molecule has 2 aromatic heterocycles. The van der Waals surface area contributed by atoms with E-state index in [9.17, 15) is 9.18 Å². The van der Waals surface area contributed by atoms with Gasteiger partial charge in [0.15, 0.2) is 5.13 Å². The summed E-state index contributed by atoms with van der Waals surface area (Å²) in [6, 6.07) is 13.7. The number of hydrogen-bond acceptors (Lipinski definition) is 6. The molecule has 2 heterocycles. The first-order valence-electron chi connectivity index (χ1n) is 8.74. The topological polar surface area (TPSA) is 54.9 Å². The van der Waals surface area contributed by atoms with E-state index >= 15 is 0 Å². The summed E-state index contributed by atoms with van der Waals surface area (Å²) >= 11 is 4.54. The standard InChI is InChI=1S/C21H16FN3OS3/c1-13-19(14-6-8-15(22)9-7-14)24-21(29-13)25-20(26)17-4-2-3-5-18(17)28-11-16-10-27-12-23-16/h2-10,12H,11H2,1H3,(H,24,25,26). The summed E-state index contributed by atoms with van der Waals surface area (Å²) in [5, 5.41) is 5.43. The van der Waals surface area contributed by atoms with Crippen molar-refractivity contribution in [3.05, 3.63) is 81.4 Å². The minimum absolute atomic E-state index is 0.203. The molecule has 4 nitrogen and oxygen atoms in total. The Labute approximate surface area is 179 Å². The van der Waals surface area contributed by atoms with Gasteiger partial charge in [0, 0.05) is 26.5 Å². The highest BCUT2D eigenvalue weighted by Gasteiger charge is 2.16. The number of thioether (sulfide) groups is 1. The Morgan fingerprint density at radius 1 is 1.17 bits per heavy atom. The second-order valence-electron chi connectivity index (χ2n) is 6.15. The van der Waals surface area contributed by atoms with E-state index in [2.05, 4.69) is 15.3 Å². The highest BCUT2D eigenvalue weighted by atomic mass is 32.2. The predicted octanol–water partition coefficient (Wildman–Crippen LogP) is 6.26. The SMILES string of the molecule is Cc1sc(NC(=O)c2ccccc2SCc2cscn2)nc1-c1ccc(F)cc1. The van der Waals surface area contributed by atoms with Crippen LogP contribution in [0.1, 0.15) is 20.9 Å². The van der Waals surface area contributed by atoms with E-state index in [0.29, 0.717) is 16.4 Å². The number of benzene rings is 2. The summed E-state index contributed by atoms with van der Waals surface area (Å²) in [4.78, 5) is 23.6. The molecule has 146 valence electrons. The fraction of sp³-hybridized carbons (Fsp3) is 0.0952. The van der Waals surface area contributed by atoms with Crippen molar-refractivity contribution in [3.8, 4) is 11.3 Å². The van der Waals surface area contributed by atoms with Gasteiger partial charge in [0.05, 0.1) is 22.5 Å². The van der Waals surface area contributed by atoms with Crippen LogP contribution in [0, 0.1) is 12.7 Å². The van der Waals surface area contributed by atoms with Crippen LogP contribution in [-0.4, -0.2) is 15.9 Å². The van der Waals surface area contributed by atoms with Crippen molar-refractivity contribution in [1.29, 1.82) is 0 Å². The van der Waals surface area contributed by atoms with Crippen LogP contribution in [0.5, 0.6) is 0 Å². The largest absolute Gasteiger partial charge is 0.298 e. The molecule has 0 aliphatic heterocycles. The van der Waals surface area contributed by atoms with Crippen molar-refractivity contribution in [1.82, 2.24) is 9.97 Å². The summed E-state index contributed by atoms with van der Waals surface area (Å²) in [5.74, 6) is 0.214. The average molecular weight is 442 g/mol. The molecule has 1 amide bonds. The van der Waals surface area contributed by atoms with E-state index in [1.54, 1.807) is 46.8 Å². The number of carbonyl (C=O) groups is 1. The van der Waals surface area contributed by atoms with Crippen LogP contribution in [0.25, 0.3) is 11.3 Å². The van der Waals surface area contributed by atoms with Gasteiger partial charge in [-0.15, -0.1) is 34.4 Å². The molecule has 4 aromatic rings. The van der Waals surface area contributed by atoms with E-state index in [0.717, 1.165) is 26.7 Å². The van der Waals surface area contributed by atoms with Crippen LogP contribution >= 0.6 is 34.4 Å². The molecule has 1 N–H and O–H groups in total. The number of anilines is 1. The number of rotatable bonds is 6. The van der Waals surface area contributed by atoms with Gasteiger partial charge in [0.25, 0.3) is 5.91 Å². The first kappa shape index (κ1) is 19.8. The third-order valence-corrected chi connectivity index (χ3v) is 6.75. The number of nitrogens with one attached hydrogen (secondary N) is 1. The molecule has 0 aliphatic carbocycles. The Morgan fingerprint density at radius 2 is 1.97 bits per heavy atom. The molecule has 0 saturated carbocycles. The van der Waals surface area contributed by atoms with Crippen LogP contribution in [0.2, 0.25) is 0 Å². The second-order valence-corrected chi connectivity index (χ2v) is 9.09. The Morgan fingerprint density at radius 3 is 2.72 bits per heavy atom. The number of nitrogens with zero attached hydrogens (tertiary/aromatic N) is 2. The van der Waals surface area contributed by atoms with E-state index in [1.165, 1.54) is 23.5 Å². The van der Waals surface area contributed by atoms with Crippen molar-refractivity contribution in [2.45, 2.75) is 17.6 Å². The Bertz CT molecular complexity index is 1120. The van der Waals surface area contributed by atoms with Crippen LogP contribution in [0.4, 0.5) is 9.52 Å². The lowest BCUT2D eigenvalue weighted by atomic mass is 10.1. The highest BCUT2D eigenvalue weighted by molar-refractivity contribution is 7.98. The zero-order chi connectivity index (χ0) is 20.2. The molecule has 0 bridgehead atoms. The third-order valence-electron chi connectivity index (χ3n) is 4.13. The number of aromatic nitrogens is 2. The molecule has 4 rings (SSSR count). The molecular formula is C21H16FN3OS3. The zero-order valence-corrected chi connectivity index (χ0v) is 17.8. The van der Waals surface area contributed by atoms with E-state index in [-0.39, 0.29) is 11.7 Å². The van der Waals surface area contributed by atoms with Crippen molar-refractivity contribution in [2.75, 3.05) is 5.32 Å². The first-order chi connectivity index (χ1) is 14.1.